The van der Waals surface area contributed by atoms with Crippen LogP contribution in [0.25, 0.3) is 11.3 Å². The van der Waals surface area contributed by atoms with Crippen LogP contribution in [-0.4, -0.2) is 27.6 Å². The highest BCUT2D eigenvalue weighted by atomic mass is 32.1. The molecule has 1 atom stereocenters. The van der Waals surface area contributed by atoms with Crippen LogP contribution in [0.3, 0.4) is 0 Å². The van der Waals surface area contributed by atoms with E-state index in [-0.39, 0.29) is 13.0 Å². The fourth-order valence-corrected chi connectivity index (χ4v) is 4.06. The highest BCUT2D eigenvalue weighted by Gasteiger charge is 2.21. The summed E-state index contributed by atoms with van der Waals surface area (Å²) in [6, 6.07) is 15.8. The maximum Gasteiger partial charge on any atom is 0.321 e. The topological polar surface area (TPSA) is 122 Å². The molecule has 3 aromatic heterocycles. The molecule has 1 aromatic carbocycles. The molecule has 0 fully saturated rings. The van der Waals surface area contributed by atoms with Crippen molar-refractivity contribution in [2.45, 2.75) is 25.6 Å². The van der Waals surface area contributed by atoms with Crippen LogP contribution in [0.2, 0.25) is 0 Å². The molecule has 170 valence electrons. The van der Waals surface area contributed by atoms with Crippen LogP contribution in [-0.2, 0) is 22.7 Å². The minimum atomic E-state index is -1.13. The van der Waals surface area contributed by atoms with Crippen LogP contribution >= 0.6 is 11.3 Å². The normalized spacial score (nSPS) is 12.5. The zero-order valence-electron chi connectivity index (χ0n) is 17.5. The summed E-state index contributed by atoms with van der Waals surface area (Å²) in [4.78, 5) is 24.5. The minimum Gasteiger partial charge on any atom is -0.480 e. The van der Waals surface area contributed by atoms with Crippen molar-refractivity contribution in [1.29, 1.82) is 0 Å². The minimum absolute atomic E-state index is 0.197. The van der Waals surface area contributed by atoms with Crippen LogP contribution in [0.4, 0.5) is 0 Å². The summed E-state index contributed by atoms with van der Waals surface area (Å²) < 4.78 is 12.6. The quantitative estimate of drug-likeness (QED) is 0.309. The number of hydrogen-bond acceptors (Lipinski definition) is 7. The number of carboxylic acid groups (broad SMARTS) is 1. The zero-order valence-corrected chi connectivity index (χ0v) is 18.3. The molecule has 0 aliphatic carbocycles. The third-order valence-corrected chi connectivity index (χ3v) is 5.69. The Bertz CT molecular complexity index is 1240. The fourth-order valence-electron chi connectivity index (χ4n) is 3.19. The highest BCUT2D eigenvalue weighted by molar-refractivity contribution is 7.07. The number of aromatic nitrogens is 1. The van der Waals surface area contributed by atoms with Gasteiger partial charge in [0.25, 0.3) is 0 Å². The maximum atomic E-state index is 12.4. The van der Waals surface area contributed by atoms with Crippen molar-refractivity contribution in [3.05, 3.63) is 88.8 Å². The number of nitrogens with zero attached hydrogens (tertiary/aromatic N) is 2. The molecule has 4 rings (SSSR count). The number of carbonyl (C=O) groups excluding carboxylic acids is 1. The molecule has 1 amide bonds. The van der Waals surface area contributed by atoms with Gasteiger partial charge in [0, 0.05) is 5.38 Å². The number of amides is 1. The van der Waals surface area contributed by atoms with E-state index < -0.39 is 17.9 Å². The number of benzene rings is 1. The van der Waals surface area contributed by atoms with Crippen molar-refractivity contribution in [3.8, 4) is 11.3 Å². The summed E-state index contributed by atoms with van der Waals surface area (Å²) in [5.41, 5.74) is 4.41. The van der Waals surface area contributed by atoms with E-state index in [4.69, 9.17) is 8.83 Å². The fraction of sp³-hybridized carbons (Fsp3) is 0.174. The number of thiazole rings is 1. The molecule has 0 spiro atoms. The lowest BCUT2D eigenvalue weighted by Crippen LogP contribution is -2.40. The summed E-state index contributed by atoms with van der Waals surface area (Å²) in [5, 5.41) is 18.5. The standard InChI is InChI=1S/C23H22N4O5S/c28-21(12-19(22(29)30)24-13-17-8-4-10-31-17)25-26-23-27(14-18-9-5-11-32-18)20(15-33-23)16-6-2-1-3-7-16/h1-11,15,19,24H,12-14H2,(H,25,28)(H,29,30)/b26-23+/t19-/m1/s1. The zero-order chi connectivity index (χ0) is 23.0. The maximum absolute atomic E-state index is 12.4. The summed E-state index contributed by atoms with van der Waals surface area (Å²) in [6.07, 6.45) is 2.82. The van der Waals surface area contributed by atoms with E-state index in [0.29, 0.717) is 17.1 Å². The van der Waals surface area contributed by atoms with Gasteiger partial charge in [0.05, 0.1) is 37.7 Å². The molecule has 0 aliphatic rings. The second-order valence-electron chi connectivity index (χ2n) is 7.14. The molecular weight excluding hydrogens is 444 g/mol. The molecule has 33 heavy (non-hydrogen) atoms. The number of rotatable bonds is 10. The molecule has 3 heterocycles. The monoisotopic (exact) mass is 466 g/mol. The summed E-state index contributed by atoms with van der Waals surface area (Å²) in [6.45, 7) is 0.626. The molecular formula is C23H22N4O5S. The van der Waals surface area contributed by atoms with E-state index in [0.717, 1.165) is 17.0 Å². The van der Waals surface area contributed by atoms with Crippen LogP contribution in [0.15, 0.2) is 86.4 Å². The van der Waals surface area contributed by atoms with E-state index in [1.165, 1.54) is 17.6 Å². The molecule has 0 aliphatic heterocycles. The lowest BCUT2D eigenvalue weighted by Gasteiger charge is -2.12. The Balaban J connectivity index is 1.50. The van der Waals surface area contributed by atoms with E-state index in [1.54, 1.807) is 18.4 Å². The number of carboxylic acids is 1. The molecule has 0 radical (unpaired) electrons. The van der Waals surface area contributed by atoms with E-state index in [2.05, 4.69) is 15.8 Å². The van der Waals surface area contributed by atoms with Gasteiger partial charge in [-0.2, -0.15) is 0 Å². The average Bonchev–Trinajstić information content (AvgIpc) is 3.59. The van der Waals surface area contributed by atoms with Crippen LogP contribution < -0.4 is 15.5 Å². The van der Waals surface area contributed by atoms with E-state index >= 15 is 0 Å². The van der Waals surface area contributed by atoms with Gasteiger partial charge in [-0.05, 0) is 29.8 Å². The highest BCUT2D eigenvalue weighted by Crippen LogP contribution is 2.20. The first-order valence-corrected chi connectivity index (χ1v) is 11.1. The average molecular weight is 467 g/mol. The van der Waals surface area contributed by atoms with Gasteiger partial charge >= 0.3 is 5.97 Å². The first-order chi connectivity index (χ1) is 16.1. The van der Waals surface area contributed by atoms with Crippen molar-refractivity contribution >= 4 is 23.2 Å². The second kappa shape index (κ2) is 10.6. The van der Waals surface area contributed by atoms with Crippen LogP contribution in [0, 0.1) is 0 Å². The Hall–Kier alpha value is -3.89. The molecule has 0 saturated carbocycles. The molecule has 3 N–H and O–H groups in total. The van der Waals surface area contributed by atoms with Crippen molar-refractivity contribution < 1.29 is 23.5 Å². The Labute approximate surface area is 193 Å². The van der Waals surface area contributed by atoms with Crippen molar-refractivity contribution in [2.75, 3.05) is 0 Å². The van der Waals surface area contributed by atoms with Crippen molar-refractivity contribution in [3.63, 3.8) is 0 Å². The van der Waals surface area contributed by atoms with Crippen molar-refractivity contribution in [2.24, 2.45) is 5.10 Å². The Morgan fingerprint density at radius 3 is 2.42 bits per heavy atom. The molecule has 10 heteroatoms. The largest absolute Gasteiger partial charge is 0.480 e. The smallest absolute Gasteiger partial charge is 0.321 e. The summed E-state index contributed by atoms with van der Waals surface area (Å²) in [7, 11) is 0. The van der Waals surface area contributed by atoms with Gasteiger partial charge in [-0.15, -0.1) is 16.4 Å². The number of furan rings is 2. The van der Waals surface area contributed by atoms with Crippen LogP contribution in [0.5, 0.6) is 0 Å². The van der Waals surface area contributed by atoms with E-state index in [1.807, 2.05) is 52.4 Å². The summed E-state index contributed by atoms with van der Waals surface area (Å²) in [5.74, 6) is -0.329. The SMILES string of the molecule is O=C(C[C@@H](NCc1ccco1)C(=O)O)N/N=c1/scc(-c2ccccc2)n1Cc1ccco1. The number of aliphatic carboxylic acids is 1. The Morgan fingerprint density at radius 1 is 1.03 bits per heavy atom. The second-order valence-corrected chi connectivity index (χ2v) is 7.97. The molecule has 4 aromatic rings. The lowest BCUT2D eigenvalue weighted by molar-refractivity contribution is -0.141. The van der Waals surface area contributed by atoms with Gasteiger partial charge in [0.2, 0.25) is 10.7 Å². The third-order valence-electron chi connectivity index (χ3n) is 4.83. The van der Waals surface area contributed by atoms with Crippen molar-refractivity contribution in [1.82, 2.24) is 15.3 Å². The molecule has 0 saturated heterocycles. The Morgan fingerprint density at radius 2 is 1.76 bits per heavy atom. The number of nitrogens with one attached hydrogen (secondary N) is 2. The molecule has 0 unspecified atom stereocenters. The number of hydrogen-bond donors (Lipinski definition) is 3. The summed E-state index contributed by atoms with van der Waals surface area (Å²) >= 11 is 1.36. The predicted octanol–water partition coefficient (Wildman–Crippen LogP) is 3.02. The van der Waals surface area contributed by atoms with Gasteiger partial charge in [0.1, 0.15) is 17.6 Å². The van der Waals surface area contributed by atoms with E-state index in [9.17, 15) is 14.7 Å². The predicted molar refractivity (Wildman–Crippen MR) is 121 cm³/mol. The molecule has 9 nitrogen and oxygen atoms in total. The van der Waals surface area contributed by atoms with Gasteiger partial charge in [-0.3, -0.25) is 14.9 Å². The van der Waals surface area contributed by atoms with Gasteiger partial charge < -0.3 is 18.5 Å². The number of carbonyl (C=O) groups is 2. The molecule has 0 bridgehead atoms. The van der Waals surface area contributed by atoms with Crippen LogP contribution in [0.1, 0.15) is 17.9 Å². The first-order valence-electron chi connectivity index (χ1n) is 10.2. The van der Waals surface area contributed by atoms with Gasteiger partial charge in [-0.25, -0.2) is 5.43 Å². The van der Waals surface area contributed by atoms with Gasteiger partial charge in [-0.1, -0.05) is 30.3 Å². The first kappa shape index (κ1) is 22.3. The third kappa shape index (κ3) is 5.88. The van der Waals surface area contributed by atoms with Gasteiger partial charge in [0.15, 0.2) is 0 Å². The Kier molecular flexibility index (Phi) is 7.18. The lowest BCUT2D eigenvalue weighted by atomic mass is 10.2.